The quantitative estimate of drug-likeness (QED) is 0.248. The van der Waals surface area contributed by atoms with Gasteiger partial charge in [0.1, 0.15) is 0 Å². The average molecular weight is 500 g/mol. The fraction of sp³-hybridized carbons (Fsp3) is 0.182. The molecule has 0 fully saturated rings. The molecule has 3 aromatic heterocycles. The molecule has 3 aromatic carbocycles. The topological polar surface area (TPSA) is 62.8 Å². The molecule has 0 spiro atoms. The van der Waals surface area contributed by atoms with Crippen LogP contribution in [0.25, 0.3) is 38.3 Å². The largest absolute Gasteiger partial charge is 0.441 e. The van der Waals surface area contributed by atoms with E-state index in [2.05, 4.69) is 83.8 Å². The van der Waals surface area contributed by atoms with Crippen LogP contribution in [-0.2, 0) is 21.7 Å². The predicted molar refractivity (Wildman–Crippen MR) is 153 cm³/mol. The van der Waals surface area contributed by atoms with Crippen LogP contribution in [0.5, 0.6) is 0 Å². The summed E-state index contributed by atoms with van der Waals surface area (Å²) in [6.45, 7) is 9.21. The normalized spacial score (nSPS) is 17.6. The summed E-state index contributed by atoms with van der Waals surface area (Å²) >= 11 is 0. The highest BCUT2D eigenvalue weighted by molar-refractivity contribution is 6.23. The minimum Gasteiger partial charge on any atom is -0.441 e. The molecule has 0 amide bonds. The van der Waals surface area contributed by atoms with Crippen LogP contribution in [0.1, 0.15) is 40.7 Å². The molecule has 7 rings (SSSR count). The molecule has 0 radical (unpaired) electrons. The van der Waals surface area contributed by atoms with Crippen molar-refractivity contribution in [3.8, 4) is 0 Å². The van der Waals surface area contributed by atoms with Gasteiger partial charge >= 0.3 is 5.97 Å². The molecule has 6 aromatic rings. The van der Waals surface area contributed by atoms with Crippen molar-refractivity contribution in [3.63, 3.8) is 0 Å². The number of benzene rings is 3. The van der Waals surface area contributed by atoms with E-state index in [4.69, 9.17) is 4.74 Å². The summed E-state index contributed by atoms with van der Waals surface area (Å²) in [5.74, 6) is -0.310. The van der Waals surface area contributed by atoms with E-state index in [1.54, 1.807) is 0 Å². The maximum Gasteiger partial charge on any atom is 0.340 e. The van der Waals surface area contributed by atoms with E-state index in [-0.39, 0.29) is 5.97 Å². The van der Waals surface area contributed by atoms with E-state index >= 15 is 0 Å². The molecule has 2 N–H and O–H groups in total. The van der Waals surface area contributed by atoms with Crippen LogP contribution in [0.2, 0.25) is 0 Å². The highest BCUT2D eigenvalue weighted by Crippen LogP contribution is 2.51. The number of hydrogen-bond acceptors (Lipinski definition) is 2. The van der Waals surface area contributed by atoms with Crippen molar-refractivity contribution < 1.29 is 9.53 Å². The van der Waals surface area contributed by atoms with E-state index in [9.17, 15) is 4.79 Å². The zero-order valence-corrected chi connectivity index (χ0v) is 22.0. The van der Waals surface area contributed by atoms with Gasteiger partial charge in [0.05, 0.1) is 5.57 Å². The summed E-state index contributed by atoms with van der Waals surface area (Å²) in [7, 11) is 0. The second-order valence-electron chi connectivity index (χ2n) is 10.2. The van der Waals surface area contributed by atoms with E-state index in [0.717, 1.165) is 73.0 Å². The van der Waals surface area contributed by atoms with Gasteiger partial charge in [0.15, 0.2) is 5.60 Å². The molecule has 0 aliphatic carbocycles. The van der Waals surface area contributed by atoms with Gasteiger partial charge in [-0.05, 0) is 52.0 Å². The Morgan fingerprint density at radius 2 is 1.37 bits per heavy atom. The van der Waals surface area contributed by atoms with Crippen LogP contribution >= 0.6 is 0 Å². The van der Waals surface area contributed by atoms with Gasteiger partial charge in [-0.15, -0.1) is 0 Å². The van der Waals surface area contributed by atoms with Gasteiger partial charge in [-0.1, -0.05) is 54.6 Å². The number of hydrogen-bond donors (Lipinski definition) is 2. The van der Waals surface area contributed by atoms with Crippen molar-refractivity contribution in [1.29, 1.82) is 0 Å². The van der Waals surface area contributed by atoms with Gasteiger partial charge in [-0.3, -0.25) is 0 Å². The summed E-state index contributed by atoms with van der Waals surface area (Å²) in [6.07, 6.45) is 2.08. The number of cyclic esters (lactones) is 1. The summed E-state index contributed by atoms with van der Waals surface area (Å²) < 4.78 is 8.99. The summed E-state index contributed by atoms with van der Waals surface area (Å²) in [6, 6.07) is 24.8. The number of para-hydroxylation sites is 3. The third kappa shape index (κ3) is 2.90. The maximum atomic E-state index is 14.0. The van der Waals surface area contributed by atoms with Gasteiger partial charge < -0.3 is 19.3 Å². The zero-order valence-electron chi connectivity index (χ0n) is 22.0. The number of esters is 1. The highest BCUT2D eigenvalue weighted by atomic mass is 16.6. The van der Waals surface area contributed by atoms with E-state index in [1.165, 1.54) is 0 Å². The third-order valence-corrected chi connectivity index (χ3v) is 8.17. The third-order valence-electron chi connectivity index (χ3n) is 8.17. The Morgan fingerprint density at radius 1 is 0.763 bits per heavy atom. The summed E-state index contributed by atoms with van der Waals surface area (Å²) in [5.41, 5.74) is 8.61. The van der Waals surface area contributed by atoms with Crippen molar-refractivity contribution in [2.45, 2.75) is 39.8 Å². The minimum absolute atomic E-state index is 0.310. The number of nitrogens with one attached hydrogen (secondary N) is 2. The van der Waals surface area contributed by atoms with Crippen molar-refractivity contribution in [1.82, 2.24) is 14.5 Å². The lowest BCUT2D eigenvalue weighted by atomic mass is 9.82. The molecular formula is C33H29N3O2. The zero-order chi connectivity index (χ0) is 26.2. The lowest BCUT2D eigenvalue weighted by molar-refractivity contribution is -0.142. The second kappa shape index (κ2) is 7.99. The molecule has 0 saturated heterocycles. The molecule has 0 bridgehead atoms. The molecule has 5 heteroatoms. The van der Waals surface area contributed by atoms with Crippen LogP contribution in [0, 0.1) is 20.8 Å². The molecule has 4 heterocycles. The number of fused-ring (bicyclic) bond motifs is 3. The number of carbonyl (C=O) groups excluding carboxylic acids is 1. The second-order valence-corrected chi connectivity index (χ2v) is 10.2. The molecule has 188 valence electrons. The van der Waals surface area contributed by atoms with Gasteiger partial charge in [-0.2, -0.15) is 0 Å². The lowest BCUT2D eigenvalue weighted by Gasteiger charge is -2.29. The predicted octanol–water partition coefficient (Wildman–Crippen LogP) is 7.43. The molecule has 1 aliphatic rings. The average Bonchev–Trinajstić information content (AvgIpc) is 3.61. The van der Waals surface area contributed by atoms with Gasteiger partial charge in [0.25, 0.3) is 0 Å². The summed E-state index contributed by atoms with van der Waals surface area (Å²) in [5, 5.41) is 3.17. The Kier molecular flexibility index (Phi) is 4.77. The lowest BCUT2D eigenvalue weighted by Crippen LogP contribution is -2.29. The fourth-order valence-electron chi connectivity index (χ4n) is 6.72. The minimum atomic E-state index is -1.09. The molecule has 1 atom stereocenters. The molecule has 5 nitrogen and oxygen atoms in total. The fourth-order valence-corrected chi connectivity index (χ4v) is 6.72. The van der Waals surface area contributed by atoms with Crippen LogP contribution in [0.3, 0.4) is 0 Å². The van der Waals surface area contributed by atoms with Crippen LogP contribution in [-0.4, -0.2) is 20.5 Å². The van der Waals surface area contributed by atoms with Crippen molar-refractivity contribution in [2.24, 2.45) is 0 Å². The van der Waals surface area contributed by atoms with Gasteiger partial charge in [-0.25, -0.2) is 4.79 Å². The first kappa shape index (κ1) is 22.7. The first-order chi connectivity index (χ1) is 18.4. The first-order valence-corrected chi connectivity index (χ1v) is 13.1. The van der Waals surface area contributed by atoms with Crippen LogP contribution in [0.4, 0.5) is 0 Å². The van der Waals surface area contributed by atoms with Crippen molar-refractivity contribution >= 4 is 44.3 Å². The number of aromatic nitrogens is 3. The Balaban J connectivity index is 1.63. The summed E-state index contributed by atoms with van der Waals surface area (Å²) in [4.78, 5) is 21.0. The van der Waals surface area contributed by atoms with E-state index < -0.39 is 5.60 Å². The van der Waals surface area contributed by atoms with E-state index in [0.29, 0.717) is 5.57 Å². The smallest absolute Gasteiger partial charge is 0.340 e. The number of aryl methyl sites for hydroxylation is 3. The number of ether oxygens (including phenoxy) is 1. The van der Waals surface area contributed by atoms with Crippen molar-refractivity contribution in [3.05, 3.63) is 113 Å². The Bertz CT molecular complexity index is 1950. The molecule has 1 aliphatic heterocycles. The number of aromatic amines is 2. The van der Waals surface area contributed by atoms with E-state index in [1.807, 2.05) is 37.3 Å². The number of nitrogens with zero attached hydrogens (tertiary/aromatic N) is 1. The molecule has 38 heavy (non-hydrogen) atoms. The first-order valence-electron chi connectivity index (χ1n) is 13.1. The highest BCUT2D eigenvalue weighted by Gasteiger charge is 2.49. The monoisotopic (exact) mass is 499 g/mol. The number of H-pyrrole nitrogens is 2. The Labute approximate surface area is 220 Å². The van der Waals surface area contributed by atoms with Crippen LogP contribution in [0.15, 0.2) is 78.9 Å². The maximum absolute atomic E-state index is 14.0. The van der Waals surface area contributed by atoms with Gasteiger partial charge in [0, 0.05) is 73.0 Å². The SMILES string of the molecule is CCn1c(C)c(C2(c3c(C)[nH]c4ccccc34)C=C(c3c(C)[nH]c4ccccc34)C(=O)O2)c2ccccc21. The Morgan fingerprint density at radius 3 is 2.11 bits per heavy atom. The van der Waals surface area contributed by atoms with Crippen LogP contribution < -0.4 is 0 Å². The van der Waals surface area contributed by atoms with Gasteiger partial charge in [0.2, 0.25) is 0 Å². The Hall–Kier alpha value is -4.51. The standard InChI is InChI=1S/C33H29N3O2/c1-5-36-21(4)31(24-14-8-11-17-28(24)36)33(30-20(3)35-27-16-10-7-13-23(27)30)18-25(32(37)38-33)29-19(2)34-26-15-9-6-12-22(26)29/h6-18,34-35H,5H2,1-4H3. The molecule has 0 saturated carbocycles. The molecular weight excluding hydrogens is 470 g/mol. The van der Waals surface area contributed by atoms with Crippen molar-refractivity contribution in [2.75, 3.05) is 0 Å². The number of carbonyl (C=O) groups is 1. The molecule has 1 unspecified atom stereocenters. The number of rotatable bonds is 4.